The molecular formula is C23H29Cl2N5O4Si. The molecule has 1 saturated heterocycles. The minimum absolute atomic E-state index is 0.109. The first kappa shape index (κ1) is 25.7. The number of likely N-dealkylation sites (tertiary alicyclic amines) is 1. The third-order valence-corrected chi connectivity index (χ3v) is 8.74. The van der Waals surface area contributed by atoms with Crippen LogP contribution in [0.3, 0.4) is 0 Å². The second kappa shape index (κ2) is 10.3. The van der Waals surface area contributed by atoms with Crippen molar-refractivity contribution in [3.63, 3.8) is 0 Å². The third kappa shape index (κ3) is 5.55. The van der Waals surface area contributed by atoms with Crippen LogP contribution in [0.1, 0.15) is 18.9 Å². The largest absolute Gasteiger partial charge is 0.465 e. The van der Waals surface area contributed by atoms with Crippen LogP contribution in [0, 0.1) is 0 Å². The maximum atomic E-state index is 13.7. The van der Waals surface area contributed by atoms with E-state index in [9.17, 15) is 14.7 Å². The van der Waals surface area contributed by atoms with Crippen LogP contribution in [-0.2, 0) is 11.5 Å². The Bertz CT molecular complexity index is 1300. The van der Waals surface area contributed by atoms with Gasteiger partial charge in [-0.1, -0.05) is 55.0 Å². The van der Waals surface area contributed by atoms with Gasteiger partial charge in [-0.15, -0.1) is 0 Å². The lowest BCUT2D eigenvalue weighted by atomic mass is 10.1. The maximum Gasteiger partial charge on any atom is 0.407 e. The van der Waals surface area contributed by atoms with Crippen LogP contribution in [-0.4, -0.2) is 63.2 Å². The maximum absolute atomic E-state index is 13.7. The molecule has 0 bridgehead atoms. The number of carboxylic acid groups (broad SMARTS) is 1. The molecule has 1 fully saturated rings. The van der Waals surface area contributed by atoms with Crippen molar-refractivity contribution in [2.75, 3.05) is 19.7 Å². The highest BCUT2D eigenvalue weighted by atomic mass is 35.5. The fraction of sp³-hybridized carbons (Fsp3) is 0.478. The topological polar surface area (TPSA) is 102 Å². The first-order valence-electron chi connectivity index (χ1n) is 11.5. The van der Waals surface area contributed by atoms with Crippen molar-refractivity contribution < 1.29 is 14.6 Å². The normalized spacial score (nSPS) is 15.2. The Balaban J connectivity index is 1.74. The number of rotatable bonds is 7. The predicted octanol–water partition coefficient (Wildman–Crippen LogP) is 5.19. The Morgan fingerprint density at radius 3 is 2.60 bits per heavy atom. The molecule has 0 radical (unpaired) electrons. The minimum Gasteiger partial charge on any atom is -0.465 e. The molecule has 1 N–H and O–H groups in total. The molecule has 188 valence electrons. The number of carbonyl (C=O) groups is 1. The number of fused-ring (bicyclic) bond motifs is 1. The number of ether oxygens (including phenoxy) is 1. The lowest BCUT2D eigenvalue weighted by molar-refractivity contribution is 0.0816. The Morgan fingerprint density at radius 2 is 1.94 bits per heavy atom. The van der Waals surface area contributed by atoms with Crippen molar-refractivity contribution in [2.45, 2.75) is 51.3 Å². The summed E-state index contributed by atoms with van der Waals surface area (Å²) in [5.41, 5.74) is 1.56. The first-order chi connectivity index (χ1) is 16.6. The quantitative estimate of drug-likeness (QED) is 0.328. The van der Waals surface area contributed by atoms with E-state index in [1.807, 2.05) is 0 Å². The number of hydrogen-bond acceptors (Lipinski definition) is 5. The summed E-state index contributed by atoms with van der Waals surface area (Å²) in [6, 6.07) is 6.10. The summed E-state index contributed by atoms with van der Waals surface area (Å²) >= 11 is 12.7. The van der Waals surface area contributed by atoms with Gasteiger partial charge in [0.05, 0.1) is 16.4 Å². The van der Waals surface area contributed by atoms with Crippen molar-refractivity contribution in [3.8, 4) is 11.3 Å². The molecule has 3 heterocycles. The monoisotopic (exact) mass is 537 g/mol. The smallest absolute Gasteiger partial charge is 0.407 e. The molecule has 1 aliphatic heterocycles. The minimum atomic E-state index is -1.28. The van der Waals surface area contributed by atoms with Crippen molar-refractivity contribution >= 4 is 48.4 Å². The Morgan fingerprint density at radius 1 is 1.23 bits per heavy atom. The van der Waals surface area contributed by atoms with E-state index in [1.165, 1.54) is 11.2 Å². The molecule has 2 aromatic heterocycles. The number of hydrogen-bond donors (Lipinski definition) is 1. The van der Waals surface area contributed by atoms with Gasteiger partial charge in [0, 0.05) is 39.4 Å². The van der Waals surface area contributed by atoms with Gasteiger partial charge in [-0.25, -0.2) is 14.5 Å². The van der Waals surface area contributed by atoms with Crippen molar-refractivity contribution in [2.24, 2.45) is 0 Å². The second-order valence-corrected chi connectivity index (χ2v) is 16.4. The fourth-order valence-corrected chi connectivity index (χ4v) is 5.31. The fourth-order valence-electron chi connectivity index (χ4n) is 4.17. The molecule has 0 unspecified atom stereocenters. The number of benzene rings is 1. The molecule has 3 aromatic rings. The molecule has 1 aliphatic rings. The Hall–Kier alpha value is -2.40. The number of piperidine rings is 1. The molecule has 0 atom stereocenters. The van der Waals surface area contributed by atoms with Gasteiger partial charge < -0.3 is 14.7 Å². The van der Waals surface area contributed by atoms with Crippen LogP contribution in [0.5, 0.6) is 0 Å². The second-order valence-electron chi connectivity index (χ2n) is 9.95. The zero-order valence-electron chi connectivity index (χ0n) is 20.0. The van der Waals surface area contributed by atoms with Gasteiger partial charge in [-0.2, -0.15) is 5.10 Å². The molecule has 0 saturated carbocycles. The Kier molecular flexibility index (Phi) is 7.56. The van der Waals surface area contributed by atoms with Gasteiger partial charge >= 0.3 is 6.09 Å². The van der Waals surface area contributed by atoms with Crippen LogP contribution in [0.25, 0.3) is 22.3 Å². The summed E-state index contributed by atoms with van der Waals surface area (Å²) in [4.78, 5) is 30.9. The molecule has 0 spiro atoms. The van der Waals surface area contributed by atoms with Gasteiger partial charge in [0.25, 0.3) is 5.56 Å². The third-order valence-electron chi connectivity index (χ3n) is 6.22. The highest BCUT2D eigenvalue weighted by Gasteiger charge is 2.27. The van der Waals surface area contributed by atoms with E-state index >= 15 is 0 Å². The van der Waals surface area contributed by atoms with E-state index in [1.54, 1.807) is 27.4 Å². The van der Waals surface area contributed by atoms with Gasteiger partial charge in [-0.3, -0.25) is 9.36 Å². The molecule has 1 aromatic carbocycles. The standard InChI is InChI=1S/C23H29Cl2N5O4Si/c1-35(2,3)12-11-34-14-30-21-20(19(27-30)16-5-4-6-17(24)18(16)25)26-13-29(22(21)31)15-7-9-28(10-8-15)23(32)33/h4-6,13,15H,7-12,14H2,1-3H3,(H,32,33). The molecule has 35 heavy (non-hydrogen) atoms. The van der Waals surface area contributed by atoms with E-state index < -0.39 is 14.2 Å². The number of aromatic nitrogens is 4. The first-order valence-corrected chi connectivity index (χ1v) is 16.0. The molecule has 0 aliphatic carbocycles. The highest BCUT2D eigenvalue weighted by molar-refractivity contribution is 6.76. The van der Waals surface area contributed by atoms with E-state index in [0.29, 0.717) is 64.9 Å². The molecular weight excluding hydrogens is 509 g/mol. The SMILES string of the molecule is C[Si](C)(C)CCOCn1nc(-c2cccc(Cl)c2Cl)c2ncn(C3CCN(C(=O)O)CC3)c(=O)c21. The van der Waals surface area contributed by atoms with E-state index in [-0.39, 0.29) is 18.3 Å². The number of halogens is 2. The zero-order chi connectivity index (χ0) is 25.3. The van der Waals surface area contributed by atoms with Crippen LogP contribution < -0.4 is 5.56 Å². The van der Waals surface area contributed by atoms with Crippen LogP contribution >= 0.6 is 23.2 Å². The highest BCUT2D eigenvalue weighted by Crippen LogP contribution is 2.35. The zero-order valence-corrected chi connectivity index (χ0v) is 22.5. The van der Waals surface area contributed by atoms with Crippen LogP contribution in [0.4, 0.5) is 4.79 Å². The molecule has 1 amide bonds. The van der Waals surface area contributed by atoms with Crippen molar-refractivity contribution in [1.29, 1.82) is 0 Å². The van der Waals surface area contributed by atoms with Gasteiger partial charge in [0.1, 0.15) is 17.9 Å². The summed E-state index contributed by atoms with van der Waals surface area (Å²) in [5.74, 6) is 0. The summed E-state index contributed by atoms with van der Waals surface area (Å²) in [6.07, 6.45) is 1.65. The average molecular weight is 539 g/mol. The van der Waals surface area contributed by atoms with Crippen LogP contribution in [0.2, 0.25) is 35.7 Å². The predicted molar refractivity (Wildman–Crippen MR) is 139 cm³/mol. The van der Waals surface area contributed by atoms with Crippen LogP contribution in [0.15, 0.2) is 29.3 Å². The van der Waals surface area contributed by atoms with Gasteiger partial charge in [0.2, 0.25) is 0 Å². The summed E-state index contributed by atoms with van der Waals surface area (Å²) in [7, 11) is -1.28. The molecule has 12 heteroatoms. The Labute approximate surface area is 214 Å². The van der Waals surface area contributed by atoms with Crippen molar-refractivity contribution in [3.05, 3.63) is 44.9 Å². The lowest BCUT2D eigenvalue weighted by Gasteiger charge is -2.30. The van der Waals surface area contributed by atoms with E-state index in [0.717, 1.165) is 6.04 Å². The average Bonchev–Trinajstić information content (AvgIpc) is 3.17. The summed E-state index contributed by atoms with van der Waals surface area (Å²) < 4.78 is 9.05. The van der Waals surface area contributed by atoms with E-state index in [2.05, 4.69) is 29.7 Å². The summed E-state index contributed by atoms with van der Waals surface area (Å²) in [5, 5.41) is 14.6. The number of amides is 1. The van der Waals surface area contributed by atoms with Crippen molar-refractivity contribution in [1.82, 2.24) is 24.2 Å². The van der Waals surface area contributed by atoms with Gasteiger partial charge in [0.15, 0.2) is 5.52 Å². The molecule has 4 rings (SSSR count). The number of nitrogens with zero attached hydrogens (tertiary/aromatic N) is 5. The lowest BCUT2D eigenvalue weighted by Crippen LogP contribution is -2.40. The van der Waals surface area contributed by atoms with E-state index in [4.69, 9.17) is 27.9 Å². The van der Waals surface area contributed by atoms with Gasteiger partial charge in [-0.05, 0) is 25.0 Å². The summed E-state index contributed by atoms with van der Waals surface area (Å²) in [6.45, 7) is 8.25. The molecule has 9 nitrogen and oxygen atoms in total.